The lowest BCUT2D eigenvalue weighted by molar-refractivity contribution is 0.580. The maximum Gasteiger partial charge on any atom is 0.112 e. The Hall–Kier alpha value is -0.350. The Bertz CT molecular complexity index is 302. The predicted molar refractivity (Wildman–Crippen MR) is 60.2 cm³/mol. The van der Waals surface area contributed by atoms with Gasteiger partial charge in [-0.3, -0.25) is 0 Å². The molecule has 2 rings (SSSR count). The van der Waals surface area contributed by atoms with E-state index in [0.717, 1.165) is 11.1 Å². The van der Waals surface area contributed by atoms with Gasteiger partial charge in [0.05, 0.1) is 6.20 Å². The van der Waals surface area contributed by atoms with Crippen LogP contribution in [0.1, 0.15) is 37.4 Å². The van der Waals surface area contributed by atoms with Crippen molar-refractivity contribution in [1.29, 1.82) is 0 Å². The zero-order valence-corrected chi connectivity index (χ0v) is 9.83. The van der Waals surface area contributed by atoms with E-state index in [1.165, 1.54) is 31.5 Å². The summed E-state index contributed by atoms with van der Waals surface area (Å²) in [7, 11) is 0. The molecule has 3 nitrogen and oxygen atoms in total. The Kier molecular flexibility index (Phi) is 3.23. The standard InChI is InChI=1S/C10H16BrN3/c11-9-7-13-10(14(9)6-5-12)8-3-1-2-4-8/h7-8H,1-6,12H2. The first kappa shape index (κ1) is 10.2. The number of aromatic nitrogens is 2. The van der Waals surface area contributed by atoms with Crippen molar-refractivity contribution in [3.8, 4) is 0 Å². The Labute approximate surface area is 92.8 Å². The van der Waals surface area contributed by atoms with E-state index < -0.39 is 0 Å². The molecule has 1 heterocycles. The zero-order valence-electron chi connectivity index (χ0n) is 8.25. The van der Waals surface area contributed by atoms with Crippen LogP contribution in [0.3, 0.4) is 0 Å². The van der Waals surface area contributed by atoms with E-state index in [0.29, 0.717) is 12.5 Å². The molecule has 1 fully saturated rings. The van der Waals surface area contributed by atoms with Crippen molar-refractivity contribution in [2.24, 2.45) is 5.73 Å². The van der Waals surface area contributed by atoms with Gasteiger partial charge in [0.1, 0.15) is 10.4 Å². The van der Waals surface area contributed by atoms with E-state index in [-0.39, 0.29) is 0 Å². The molecule has 1 aliphatic rings. The van der Waals surface area contributed by atoms with Gasteiger partial charge >= 0.3 is 0 Å². The highest BCUT2D eigenvalue weighted by Crippen LogP contribution is 2.34. The molecule has 1 aliphatic carbocycles. The van der Waals surface area contributed by atoms with Crippen LogP contribution in [0.15, 0.2) is 10.8 Å². The van der Waals surface area contributed by atoms with Gasteiger partial charge in [0.2, 0.25) is 0 Å². The van der Waals surface area contributed by atoms with Gasteiger partial charge in [-0.2, -0.15) is 0 Å². The molecule has 0 aromatic carbocycles. The summed E-state index contributed by atoms with van der Waals surface area (Å²) in [5, 5.41) is 0. The van der Waals surface area contributed by atoms with Crippen LogP contribution in [0.25, 0.3) is 0 Å². The van der Waals surface area contributed by atoms with E-state index in [9.17, 15) is 0 Å². The first-order valence-corrected chi connectivity index (χ1v) is 6.03. The minimum Gasteiger partial charge on any atom is -0.329 e. The van der Waals surface area contributed by atoms with Crippen molar-refractivity contribution in [2.75, 3.05) is 6.54 Å². The summed E-state index contributed by atoms with van der Waals surface area (Å²) in [6.45, 7) is 1.54. The van der Waals surface area contributed by atoms with Gasteiger partial charge in [-0.15, -0.1) is 0 Å². The lowest BCUT2D eigenvalue weighted by Crippen LogP contribution is -2.14. The summed E-state index contributed by atoms with van der Waals surface area (Å²) in [6, 6.07) is 0. The fraction of sp³-hybridized carbons (Fsp3) is 0.700. The number of rotatable bonds is 3. The topological polar surface area (TPSA) is 43.8 Å². The normalized spacial score (nSPS) is 17.9. The molecule has 4 heteroatoms. The molecule has 1 saturated carbocycles. The molecule has 0 spiro atoms. The smallest absolute Gasteiger partial charge is 0.112 e. The Morgan fingerprint density at radius 1 is 1.50 bits per heavy atom. The first-order valence-electron chi connectivity index (χ1n) is 5.24. The van der Waals surface area contributed by atoms with E-state index in [4.69, 9.17) is 5.73 Å². The first-order chi connectivity index (χ1) is 6.83. The maximum atomic E-state index is 5.59. The molecule has 0 bridgehead atoms. The molecule has 2 N–H and O–H groups in total. The summed E-state index contributed by atoms with van der Waals surface area (Å²) >= 11 is 3.51. The van der Waals surface area contributed by atoms with Gasteiger partial charge in [0, 0.05) is 19.0 Å². The average molecular weight is 258 g/mol. The highest BCUT2D eigenvalue weighted by molar-refractivity contribution is 9.10. The van der Waals surface area contributed by atoms with Crippen molar-refractivity contribution < 1.29 is 0 Å². The van der Waals surface area contributed by atoms with E-state index >= 15 is 0 Å². The third-order valence-electron chi connectivity index (χ3n) is 2.91. The summed E-state index contributed by atoms with van der Waals surface area (Å²) in [4.78, 5) is 4.48. The molecule has 1 aromatic heterocycles. The van der Waals surface area contributed by atoms with Crippen LogP contribution in [-0.4, -0.2) is 16.1 Å². The highest BCUT2D eigenvalue weighted by Gasteiger charge is 2.22. The van der Waals surface area contributed by atoms with Gasteiger partial charge in [0.15, 0.2) is 0 Å². The number of imidazole rings is 1. The lowest BCUT2D eigenvalue weighted by Gasteiger charge is -2.12. The zero-order chi connectivity index (χ0) is 9.97. The molecule has 1 aromatic rings. The number of nitrogens with two attached hydrogens (primary N) is 1. The third kappa shape index (κ3) is 1.86. The SMILES string of the molecule is NCCn1c(Br)cnc1C1CCCC1. The van der Waals surface area contributed by atoms with Crippen molar-refractivity contribution in [3.63, 3.8) is 0 Å². The van der Waals surface area contributed by atoms with Gasteiger partial charge < -0.3 is 10.3 Å². The molecule has 0 atom stereocenters. The van der Waals surface area contributed by atoms with Crippen molar-refractivity contribution in [1.82, 2.24) is 9.55 Å². The van der Waals surface area contributed by atoms with Gasteiger partial charge in [0.25, 0.3) is 0 Å². The molecular weight excluding hydrogens is 242 g/mol. The largest absolute Gasteiger partial charge is 0.329 e. The van der Waals surface area contributed by atoms with Crippen molar-refractivity contribution in [2.45, 2.75) is 38.1 Å². The number of nitrogens with zero attached hydrogens (tertiary/aromatic N) is 2. The van der Waals surface area contributed by atoms with Crippen LogP contribution in [-0.2, 0) is 6.54 Å². The molecule has 0 unspecified atom stereocenters. The molecule has 0 aliphatic heterocycles. The van der Waals surface area contributed by atoms with Crippen LogP contribution < -0.4 is 5.73 Å². The van der Waals surface area contributed by atoms with Gasteiger partial charge in [-0.25, -0.2) is 4.98 Å². The number of hydrogen-bond acceptors (Lipinski definition) is 2. The second-order valence-corrected chi connectivity index (χ2v) is 4.67. The van der Waals surface area contributed by atoms with Crippen molar-refractivity contribution in [3.05, 3.63) is 16.6 Å². The number of halogens is 1. The van der Waals surface area contributed by atoms with E-state index in [1.807, 2.05) is 6.20 Å². The Balaban J connectivity index is 2.22. The third-order valence-corrected chi connectivity index (χ3v) is 3.54. The summed E-state index contributed by atoms with van der Waals surface area (Å²) in [5.41, 5.74) is 5.59. The minimum atomic E-state index is 0.660. The molecular formula is C10H16BrN3. The van der Waals surface area contributed by atoms with Gasteiger partial charge in [-0.1, -0.05) is 12.8 Å². The summed E-state index contributed by atoms with van der Waals surface area (Å²) in [6.07, 6.45) is 7.15. The molecule has 78 valence electrons. The summed E-state index contributed by atoms with van der Waals surface area (Å²) < 4.78 is 3.26. The molecule has 0 amide bonds. The summed E-state index contributed by atoms with van der Waals surface area (Å²) in [5.74, 6) is 1.88. The second kappa shape index (κ2) is 4.45. The van der Waals surface area contributed by atoms with Crippen molar-refractivity contribution >= 4 is 15.9 Å². The molecule has 0 saturated heterocycles. The maximum absolute atomic E-state index is 5.59. The average Bonchev–Trinajstić information content (AvgIpc) is 2.77. The molecule has 14 heavy (non-hydrogen) atoms. The predicted octanol–water partition coefficient (Wildman–Crippen LogP) is 2.26. The number of hydrogen-bond donors (Lipinski definition) is 1. The van der Waals surface area contributed by atoms with Crippen LogP contribution in [0.5, 0.6) is 0 Å². The molecule has 0 radical (unpaired) electrons. The highest BCUT2D eigenvalue weighted by atomic mass is 79.9. The fourth-order valence-electron chi connectivity index (χ4n) is 2.23. The van der Waals surface area contributed by atoms with Crippen LogP contribution in [0, 0.1) is 0 Å². The van der Waals surface area contributed by atoms with E-state index in [2.05, 4.69) is 25.5 Å². The van der Waals surface area contributed by atoms with Crippen LogP contribution >= 0.6 is 15.9 Å². The fourth-order valence-corrected chi connectivity index (χ4v) is 2.69. The quantitative estimate of drug-likeness (QED) is 0.903. The van der Waals surface area contributed by atoms with E-state index in [1.54, 1.807) is 0 Å². The minimum absolute atomic E-state index is 0.660. The van der Waals surface area contributed by atoms with Crippen LogP contribution in [0.4, 0.5) is 0 Å². The van der Waals surface area contributed by atoms with Crippen LogP contribution in [0.2, 0.25) is 0 Å². The lowest BCUT2D eigenvalue weighted by atomic mass is 10.1. The van der Waals surface area contributed by atoms with Gasteiger partial charge in [-0.05, 0) is 28.8 Å². The Morgan fingerprint density at radius 2 is 2.21 bits per heavy atom. The second-order valence-electron chi connectivity index (χ2n) is 3.86. The Morgan fingerprint density at radius 3 is 2.86 bits per heavy atom. The monoisotopic (exact) mass is 257 g/mol.